The van der Waals surface area contributed by atoms with Crippen molar-refractivity contribution in [3.8, 4) is 0 Å². The van der Waals surface area contributed by atoms with E-state index in [4.69, 9.17) is 9.51 Å². The number of hydrogen-bond donors (Lipinski definition) is 0. The van der Waals surface area contributed by atoms with E-state index in [9.17, 15) is 0 Å². The Bertz CT molecular complexity index is 886. The number of pyridine rings is 1. The zero-order valence-electron chi connectivity index (χ0n) is 14.6. The first-order valence-corrected chi connectivity index (χ1v) is 9.13. The van der Waals surface area contributed by atoms with Crippen LogP contribution in [0.4, 0.5) is 5.69 Å². The van der Waals surface area contributed by atoms with Gasteiger partial charge in [-0.25, -0.2) is 4.98 Å². The van der Waals surface area contributed by atoms with Crippen molar-refractivity contribution in [1.29, 1.82) is 0 Å². The van der Waals surface area contributed by atoms with Gasteiger partial charge in [-0.1, -0.05) is 5.16 Å². The average Bonchev–Trinajstić information content (AvgIpc) is 3.27. The van der Waals surface area contributed by atoms with Crippen molar-refractivity contribution in [2.45, 2.75) is 32.2 Å². The molecule has 0 N–H and O–H groups in total. The van der Waals surface area contributed by atoms with Crippen LogP contribution in [0.15, 0.2) is 35.1 Å². The molecule has 0 spiro atoms. The largest absolute Gasteiger partial charge is 0.368 e. The number of imidazole rings is 1. The summed E-state index contributed by atoms with van der Waals surface area (Å²) in [6.45, 7) is 6.97. The molecule has 2 aliphatic rings. The van der Waals surface area contributed by atoms with Crippen molar-refractivity contribution >= 4 is 11.3 Å². The summed E-state index contributed by atoms with van der Waals surface area (Å²) in [6.07, 6.45) is 7.03. The average molecular weight is 337 g/mol. The van der Waals surface area contributed by atoms with E-state index in [1.165, 1.54) is 24.2 Å². The minimum atomic E-state index is 0.701. The van der Waals surface area contributed by atoms with Crippen molar-refractivity contribution in [3.63, 3.8) is 0 Å². The number of nitrogens with zero attached hydrogens (tertiary/aromatic N) is 5. The zero-order valence-corrected chi connectivity index (χ0v) is 14.6. The van der Waals surface area contributed by atoms with Gasteiger partial charge in [-0.15, -0.1) is 0 Å². The summed E-state index contributed by atoms with van der Waals surface area (Å²) in [5, 5.41) is 4.10. The van der Waals surface area contributed by atoms with Gasteiger partial charge in [-0.2, -0.15) is 0 Å². The van der Waals surface area contributed by atoms with E-state index < -0.39 is 0 Å². The molecule has 1 aliphatic carbocycles. The van der Waals surface area contributed by atoms with Crippen LogP contribution in [-0.2, 0) is 6.54 Å². The van der Waals surface area contributed by atoms with E-state index >= 15 is 0 Å². The molecule has 25 heavy (non-hydrogen) atoms. The Morgan fingerprint density at radius 3 is 2.68 bits per heavy atom. The van der Waals surface area contributed by atoms with Gasteiger partial charge in [-0.3, -0.25) is 4.90 Å². The highest BCUT2D eigenvalue weighted by atomic mass is 16.5. The van der Waals surface area contributed by atoms with Gasteiger partial charge in [0, 0.05) is 57.1 Å². The highest BCUT2D eigenvalue weighted by molar-refractivity contribution is 5.53. The second-order valence-electron chi connectivity index (χ2n) is 7.28. The Kier molecular flexibility index (Phi) is 3.52. The first-order chi connectivity index (χ1) is 12.2. The normalized spacial score (nSPS) is 19.0. The van der Waals surface area contributed by atoms with Crippen LogP contribution in [0.3, 0.4) is 0 Å². The molecule has 130 valence electrons. The number of aromatic nitrogens is 3. The molecule has 0 atom stereocenters. The van der Waals surface area contributed by atoms with Gasteiger partial charge in [0.1, 0.15) is 11.4 Å². The van der Waals surface area contributed by atoms with Crippen LogP contribution in [0, 0.1) is 6.92 Å². The molecule has 0 radical (unpaired) electrons. The lowest BCUT2D eigenvalue weighted by molar-refractivity contribution is 0.241. The standard InChI is InChI=1S/C19H23N5O/c1-14-10-16(21-25-14)11-22-6-8-23(9-7-22)17-4-5-19-20-18(15-2-3-15)13-24(19)12-17/h4-5,10,12-13,15H,2-3,6-9,11H2,1H3. The first kappa shape index (κ1) is 15.0. The van der Waals surface area contributed by atoms with E-state index in [0.717, 1.165) is 49.8 Å². The molecule has 1 saturated heterocycles. The summed E-state index contributed by atoms with van der Waals surface area (Å²) in [4.78, 5) is 9.64. The molecule has 5 rings (SSSR count). The van der Waals surface area contributed by atoms with Crippen LogP contribution < -0.4 is 4.90 Å². The van der Waals surface area contributed by atoms with Crippen molar-refractivity contribution in [3.05, 3.63) is 47.7 Å². The van der Waals surface area contributed by atoms with Crippen molar-refractivity contribution < 1.29 is 4.52 Å². The lowest BCUT2D eigenvalue weighted by atomic mass is 10.2. The fourth-order valence-corrected chi connectivity index (χ4v) is 3.65. The predicted octanol–water partition coefficient (Wildman–Crippen LogP) is 2.83. The molecule has 4 heterocycles. The van der Waals surface area contributed by atoms with E-state index in [-0.39, 0.29) is 0 Å². The molecule has 0 amide bonds. The minimum absolute atomic E-state index is 0.701. The van der Waals surface area contributed by atoms with Gasteiger partial charge < -0.3 is 13.8 Å². The van der Waals surface area contributed by atoms with E-state index in [1.807, 2.05) is 13.0 Å². The van der Waals surface area contributed by atoms with Crippen LogP contribution in [0.5, 0.6) is 0 Å². The van der Waals surface area contributed by atoms with Crippen LogP contribution >= 0.6 is 0 Å². The van der Waals surface area contributed by atoms with E-state index in [1.54, 1.807) is 0 Å². The van der Waals surface area contributed by atoms with Crippen LogP contribution in [0.2, 0.25) is 0 Å². The molecule has 0 bridgehead atoms. The maximum absolute atomic E-state index is 5.16. The molecule has 0 unspecified atom stereocenters. The number of rotatable bonds is 4. The second kappa shape index (κ2) is 5.88. The third-order valence-electron chi connectivity index (χ3n) is 5.25. The summed E-state index contributed by atoms with van der Waals surface area (Å²) < 4.78 is 7.35. The van der Waals surface area contributed by atoms with E-state index in [2.05, 4.69) is 43.9 Å². The monoisotopic (exact) mass is 337 g/mol. The molecular formula is C19H23N5O. The number of fused-ring (bicyclic) bond motifs is 1. The molecule has 1 saturated carbocycles. The number of aryl methyl sites for hydroxylation is 1. The van der Waals surface area contributed by atoms with Crippen molar-refractivity contribution in [1.82, 2.24) is 19.4 Å². The van der Waals surface area contributed by atoms with Crippen LogP contribution in [0.1, 0.15) is 35.9 Å². The first-order valence-electron chi connectivity index (χ1n) is 9.13. The maximum atomic E-state index is 5.16. The molecule has 0 aromatic carbocycles. The molecule has 6 nitrogen and oxygen atoms in total. The third kappa shape index (κ3) is 3.02. The van der Waals surface area contributed by atoms with Gasteiger partial charge in [0.15, 0.2) is 0 Å². The summed E-state index contributed by atoms with van der Waals surface area (Å²) >= 11 is 0. The molecule has 6 heteroatoms. The molecule has 3 aromatic rings. The van der Waals surface area contributed by atoms with E-state index in [0.29, 0.717) is 5.92 Å². The Morgan fingerprint density at radius 1 is 1.12 bits per heavy atom. The van der Waals surface area contributed by atoms with Crippen molar-refractivity contribution in [2.75, 3.05) is 31.1 Å². The fourth-order valence-electron chi connectivity index (χ4n) is 3.65. The lowest BCUT2D eigenvalue weighted by Gasteiger charge is -2.35. The maximum Gasteiger partial charge on any atom is 0.137 e. The Morgan fingerprint density at radius 2 is 1.96 bits per heavy atom. The predicted molar refractivity (Wildman–Crippen MR) is 95.9 cm³/mol. The molecule has 1 aliphatic heterocycles. The van der Waals surface area contributed by atoms with Gasteiger partial charge in [-0.05, 0) is 31.9 Å². The highest BCUT2D eigenvalue weighted by Gasteiger charge is 2.26. The number of hydrogen-bond acceptors (Lipinski definition) is 5. The Balaban J connectivity index is 1.26. The SMILES string of the molecule is Cc1cc(CN2CCN(c3ccc4nc(C5CC5)cn4c3)CC2)no1. The summed E-state index contributed by atoms with van der Waals surface area (Å²) in [6, 6.07) is 6.37. The number of piperazine rings is 1. The quantitative estimate of drug-likeness (QED) is 0.733. The van der Waals surface area contributed by atoms with Crippen molar-refractivity contribution in [2.24, 2.45) is 0 Å². The third-order valence-corrected chi connectivity index (χ3v) is 5.25. The molecule has 2 fully saturated rings. The van der Waals surface area contributed by atoms with Gasteiger partial charge in [0.2, 0.25) is 0 Å². The topological polar surface area (TPSA) is 49.8 Å². The van der Waals surface area contributed by atoms with Crippen LogP contribution in [-0.4, -0.2) is 45.6 Å². The zero-order chi connectivity index (χ0) is 16.8. The lowest BCUT2D eigenvalue weighted by Crippen LogP contribution is -2.46. The minimum Gasteiger partial charge on any atom is -0.368 e. The summed E-state index contributed by atoms with van der Waals surface area (Å²) in [7, 11) is 0. The van der Waals surface area contributed by atoms with Crippen LogP contribution in [0.25, 0.3) is 5.65 Å². The summed E-state index contributed by atoms with van der Waals surface area (Å²) in [5.41, 5.74) is 4.62. The molecule has 3 aromatic heterocycles. The Labute approximate surface area is 147 Å². The fraction of sp³-hybridized carbons (Fsp3) is 0.474. The smallest absolute Gasteiger partial charge is 0.137 e. The van der Waals surface area contributed by atoms with Gasteiger partial charge in [0.25, 0.3) is 0 Å². The Hall–Kier alpha value is -2.34. The summed E-state index contributed by atoms with van der Waals surface area (Å²) in [5.74, 6) is 1.58. The van der Waals surface area contributed by atoms with Gasteiger partial charge in [0.05, 0.1) is 17.1 Å². The highest BCUT2D eigenvalue weighted by Crippen LogP contribution is 2.39. The molecular weight excluding hydrogens is 314 g/mol. The number of anilines is 1. The van der Waals surface area contributed by atoms with Gasteiger partial charge >= 0.3 is 0 Å². The second-order valence-corrected chi connectivity index (χ2v) is 7.28.